The topological polar surface area (TPSA) is 47.3 Å². The summed E-state index contributed by atoms with van der Waals surface area (Å²) in [4.78, 5) is 24.3. The average Bonchev–Trinajstić information content (AvgIpc) is 2.52. The van der Waals surface area contributed by atoms with Gasteiger partial charge in [-0.3, -0.25) is 4.79 Å². The maximum atomic E-state index is 12.3. The van der Waals surface area contributed by atoms with Crippen LogP contribution in [0, 0.1) is 6.92 Å². The van der Waals surface area contributed by atoms with Crippen molar-refractivity contribution in [1.82, 2.24) is 0 Å². The quantitative estimate of drug-likeness (QED) is 0.380. The minimum absolute atomic E-state index is 0.0273. The molecular weight excluding hydrogens is 356 g/mol. The number of hydrogen-bond acceptors (Lipinski definition) is 3. The fourth-order valence-corrected chi connectivity index (χ4v) is 2.68. The lowest BCUT2D eigenvalue weighted by Crippen LogP contribution is -2.11. The molecule has 0 saturated heterocycles. The molecule has 0 fully saturated rings. The number of benzene rings is 2. The van der Waals surface area contributed by atoms with Gasteiger partial charge >= 0.3 is 5.63 Å². The molecule has 0 spiro atoms. The lowest BCUT2D eigenvalue weighted by Gasteiger charge is -2.00. The van der Waals surface area contributed by atoms with Gasteiger partial charge in [-0.1, -0.05) is 51.8 Å². The van der Waals surface area contributed by atoms with Crippen LogP contribution in [0.2, 0.25) is 0 Å². The third-order valence-corrected chi connectivity index (χ3v) is 3.92. The van der Waals surface area contributed by atoms with E-state index in [4.69, 9.17) is 4.42 Å². The van der Waals surface area contributed by atoms with Crippen LogP contribution in [0.25, 0.3) is 17.0 Å². The third kappa shape index (κ3) is 3.48. The molecule has 0 bridgehead atoms. The summed E-state index contributed by atoms with van der Waals surface area (Å²) < 4.78 is 6.06. The molecule has 2 aromatic carbocycles. The molecule has 0 radical (unpaired) electrons. The minimum atomic E-state index is -0.626. The number of fused-ring (bicyclic) bond motifs is 1. The van der Waals surface area contributed by atoms with E-state index in [1.807, 2.05) is 31.2 Å². The summed E-state index contributed by atoms with van der Waals surface area (Å²) in [5, 5.41) is 0.700. The van der Waals surface area contributed by atoms with Crippen LogP contribution in [-0.4, -0.2) is 5.78 Å². The van der Waals surface area contributed by atoms with E-state index in [0.29, 0.717) is 11.0 Å². The highest BCUT2D eigenvalue weighted by molar-refractivity contribution is 9.10. The highest BCUT2D eigenvalue weighted by atomic mass is 79.9. The van der Waals surface area contributed by atoms with E-state index in [9.17, 15) is 9.59 Å². The first-order valence-corrected chi connectivity index (χ1v) is 7.85. The normalized spacial score (nSPS) is 11.2. The molecule has 0 aliphatic rings. The van der Waals surface area contributed by atoms with Gasteiger partial charge in [-0.2, -0.15) is 0 Å². The Labute approximate surface area is 141 Å². The molecule has 114 valence electrons. The molecule has 23 heavy (non-hydrogen) atoms. The summed E-state index contributed by atoms with van der Waals surface area (Å²) in [6, 6.07) is 14.6. The van der Waals surface area contributed by atoms with Gasteiger partial charge < -0.3 is 4.42 Å². The number of carbonyl (C=O) groups excluding carboxylic acids is 1. The minimum Gasteiger partial charge on any atom is -0.422 e. The van der Waals surface area contributed by atoms with Crippen molar-refractivity contribution >= 4 is 38.8 Å². The van der Waals surface area contributed by atoms with Gasteiger partial charge in [0, 0.05) is 9.86 Å². The molecule has 0 amide bonds. The van der Waals surface area contributed by atoms with Gasteiger partial charge in [-0.15, -0.1) is 0 Å². The Morgan fingerprint density at radius 1 is 1.13 bits per heavy atom. The van der Waals surface area contributed by atoms with Gasteiger partial charge in [0.2, 0.25) is 0 Å². The van der Waals surface area contributed by atoms with E-state index in [2.05, 4.69) is 15.9 Å². The molecule has 0 saturated carbocycles. The zero-order valence-corrected chi connectivity index (χ0v) is 14.0. The van der Waals surface area contributed by atoms with Gasteiger partial charge in [0.1, 0.15) is 11.1 Å². The van der Waals surface area contributed by atoms with E-state index in [-0.39, 0.29) is 11.3 Å². The Kier molecular flexibility index (Phi) is 4.26. The lowest BCUT2D eigenvalue weighted by atomic mass is 10.1. The summed E-state index contributed by atoms with van der Waals surface area (Å²) in [7, 11) is 0. The van der Waals surface area contributed by atoms with Crippen LogP contribution in [0.3, 0.4) is 0 Å². The van der Waals surface area contributed by atoms with Crippen molar-refractivity contribution < 1.29 is 9.21 Å². The molecule has 3 rings (SSSR count). The third-order valence-electron chi connectivity index (χ3n) is 3.43. The number of allylic oxidation sites excluding steroid dienone is 1. The largest absolute Gasteiger partial charge is 0.422 e. The SMILES string of the molecule is Cc1cccc(C=CC(=O)c2cc3cc(Br)ccc3oc2=O)c1. The molecule has 0 aliphatic carbocycles. The first-order valence-electron chi connectivity index (χ1n) is 7.05. The van der Waals surface area contributed by atoms with Gasteiger partial charge in [-0.05, 0) is 42.8 Å². The molecule has 4 heteroatoms. The van der Waals surface area contributed by atoms with Crippen LogP contribution in [0.1, 0.15) is 21.5 Å². The first kappa shape index (κ1) is 15.4. The van der Waals surface area contributed by atoms with Crippen molar-refractivity contribution in [2.24, 2.45) is 0 Å². The highest BCUT2D eigenvalue weighted by Crippen LogP contribution is 2.19. The highest BCUT2D eigenvalue weighted by Gasteiger charge is 2.11. The van der Waals surface area contributed by atoms with Crippen LogP contribution in [0.5, 0.6) is 0 Å². The number of carbonyl (C=O) groups is 1. The Morgan fingerprint density at radius 3 is 2.74 bits per heavy atom. The van der Waals surface area contributed by atoms with Crippen molar-refractivity contribution in [2.75, 3.05) is 0 Å². The number of rotatable bonds is 3. The fourth-order valence-electron chi connectivity index (χ4n) is 2.30. The predicted molar refractivity (Wildman–Crippen MR) is 94.7 cm³/mol. The van der Waals surface area contributed by atoms with Crippen molar-refractivity contribution in [3.05, 3.63) is 86.2 Å². The predicted octanol–water partition coefficient (Wildman–Crippen LogP) is 4.76. The Balaban J connectivity index is 1.97. The Morgan fingerprint density at radius 2 is 1.96 bits per heavy atom. The van der Waals surface area contributed by atoms with Crippen molar-refractivity contribution in [1.29, 1.82) is 0 Å². The van der Waals surface area contributed by atoms with Crippen molar-refractivity contribution in [3.8, 4) is 0 Å². The Hall–Kier alpha value is -2.46. The summed E-state index contributed by atoms with van der Waals surface area (Å²) >= 11 is 3.36. The van der Waals surface area contributed by atoms with E-state index < -0.39 is 5.63 Å². The summed E-state index contributed by atoms with van der Waals surface area (Å²) in [6.45, 7) is 1.98. The lowest BCUT2D eigenvalue weighted by molar-refractivity contribution is 0.104. The summed E-state index contributed by atoms with van der Waals surface area (Å²) in [5.74, 6) is -0.373. The summed E-state index contributed by atoms with van der Waals surface area (Å²) in [5.41, 5.74) is 1.87. The van der Waals surface area contributed by atoms with E-state index in [0.717, 1.165) is 15.6 Å². The van der Waals surface area contributed by atoms with Crippen molar-refractivity contribution in [2.45, 2.75) is 6.92 Å². The fraction of sp³-hybridized carbons (Fsp3) is 0.0526. The zero-order valence-electron chi connectivity index (χ0n) is 12.4. The number of halogens is 1. The molecule has 0 unspecified atom stereocenters. The second kappa shape index (κ2) is 6.34. The molecule has 3 aromatic rings. The van der Waals surface area contributed by atoms with Crippen LogP contribution in [0.15, 0.2) is 68.3 Å². The molecule has 1 heterocycles. The first-order chi connectivity index (χ1) is 11.0. The number of aryl methyl sites for hydroxylation is 1. The van der Waals surface area contributed by atoms with E-state index in [1.165, 1.54) is 6.08 Å². The molecular formula is C19H13BrO3. The molecule has 0 aliphatic heterocycles. The maximum absolute atomic E-state index is 12.3. The number of hydrogen-bond donors (Lipinski definition) is 0. The zero-order chi connectivity index (χ0) is 16.4. The van der Waals surface area contributed by atoms with Crippen LogP contribution < -0.4 is 5.63 Å². The molecule has 3 nitrogen and oxygen atoms in total. The van der Waals surface area contributed by atoms with Crippen LogP contribution >= 0.6 is 15.9 Å². The van der Waals surface area contributed by atoms with E-state index in [1.54, 1.807) is 30.3 Å². The molecule has 0 atom stereocenters. The smallest absolute Gasteiger partial charge is 0.347 e. The van der Waals surface area contributed by atoms with Crippen LogP contribution in [0.4, 0.5) is 0 Å². The van der Waals surface area contributed by atoms with Gasteiger partial charge in [-0.25, -0.2) is 4.79 Å². The van der Waals surface area contributed by atoms with Crippen LogP contribution in [-0.2, 0) is 0 Å². The monoisotopic (exact) mass is 368 g/mol. The summed E-state index contributed by atoms with van der Waals surface area (Å²) in [6.07, 6.45) is 3.09. The second-order valence-corrected chi connectivity index (χ2v) is 6.16. The Bertz CT molecular complexity index is 983. The van der Waals surface area contributed by atoms with Crippen molar-refractivity contribution in [3.63, 3.8) is 0 Å². The maximum Gasteiger partial charge on any atom is 0.347 e. The standard InChI is InChI=1S/C19H13BrO3/c1-12-3-2-4-13(9-12)5-7-17(21)16-11-14-10-15(20)6-8-18(14)23-19(16)22/h2-11H,1H3. The molecule has 1 aromatic heterocycles. The van der Waals surface area contributed by atoms with Gasteiger partial charge in [0.05, 0.1) is 0 Å². The molecule has 0 N–H and O–H groups in total. The number of ketones is 1. The average molecular weight is 369 g/mol. The van der Waals surface area contributed by atoms with Gasteiger partial charge in [0.15, 0.2) is 5.78 Å². The van der Waals surface area contributed by atoms with Gasteiger partial charge in [0.25, 0.3) is 0 Å². The van der Waals surface area contributed by atoms with E-state index >= 15 is 0 Å². The second-order valence-electron chi connectivity index (χ2n) is 5.24.